The summed E-state index contributed by atoms with van der Waals surface area (Å²) in [6, 6.07) is 10.6. The third kappa shape index (κ3) is 5.74. The van der Waals surface area contributed by atoms with E-state index in [4.69, 9.17) is 9.47 Å². The van der Waals surface area contributed by atoms with Gasteiger partial charge in [-0.25, -0.2) is 10.0 Å². The van der Waals surface area contributed by atoms with Crippen molar-refractivity contribution in [3.63, 3.8) is 0 Å². The van der Waals surface area contributed by atoms with Crippen molar-refractivity contribution in [2.24, 2.45) is 11.3 Å². The lowest BCUT2D eigenvalue weighted by Crippen LogP contribution is -2.82. The van der Waals surface area contributed by atoms with Crippen LogP contribution in [0.1, 0.15) is 94.0 Å². The molecule has 1 aromatic heterocycles. The summed E-state index contributed by atoms with van der Waals surface area (Å²) < 4.78 is 12.3. The summed E-state index contributed by atoms with van der Waals surface area (Å²) in [5.74, 6) is -1.34. The zero-order valence-electron chi connectivity index (χ0n) is 38.4. The molecule has 2 bridgehead atoms. The molecule has 2 unspecified atom stereocenters. The average Bonchev–Trinajstić information content (AvgIpc) is 3.95. The number of piperidine rings is 1. The van der Waals surface area contributed by atoms with Gasteiger partial charge in [-0.15, -0.1) is 0 Å². The maximum atomic E-state index is 15.8. The van der Waals surface area contributed by atoms with Gasteiger partial charge in [0.2, 0.25) is 5.91 Å². The molecule has 64 heavy (non-hydrogen) atoms. The van der Waals surface area contributed by atoms with E-state index >= 15 is 9.59 Å². The molecular formula is C50H66N6O8. The number of anilines is 1. The first-order chi connectivity index (χ1) is 30.7. The van der Waals surface area contributed by atoms with Gasteiger partial charge >= 0.3 is 5.97 Å². The molecule has 14 nitrogen and oxygen atoms in total. The molecule has 2 amide bonds. The Kier molecular flexibility index (Phi) is 10.5. The van der Waals surface area contributed by atoms with Gasteiger partial charge in [-0.3, -0.25) is 24.2 Å². The van der Waals surface area contributed by atoms with Crippen LogP contribution < -0.4 is 9.64 Å². The minimum absolute atomic E-state index is 0.141. The first-order valence-electron chi connectivity index (χ1n) is 23.7. The number of para-hydroxylation sites is 1. The van der Waals surface area contributed by atoms with Gasteiger partial charge in [0, 0.05) is 98.5 Å². The van der Waals surface area contributed by atoms with Gasteiger partial charge in [-0.2, -0.15) is 0 Å². The SMILES string of the molecule is CC[C@]1(O)C[C@H]2CN(CCc3c([nH]c4ccccc34)[C@@](C(=O)OC)(c3cc(OC)cc4c3[C@]35CCN6CC=C[C@](CC)(C63)[C@@H](O)[C@](O)(C(=O)N3C(=O)CCCCCN3C)[C@@H]5N4C)C2)C1. The molecule has 10 atom stereocenters. The number of rotatable bonds is 6. The second kappa shape index (κ2) is 15.4. The number of likely N-dealkylation sites (N-methyl/N-ethyl adjacent to an activating group) is 1. The second-order valence-corrected chi connectivity index (χ2v) is 20.3. The first kappa shape index (κ1) is 43.6. The second-order valence-electron chi connectivity index (χ2n) is 20.3. The van der Waals surface area contributed by atoms with E-state index in [0.717, 1.165) is 45.6 Å². The number of ether oxygens (including phenoxy) is 2. The Labute approximate surface area is 376 Å². The van der Waals surface area contributed by atoms with Crippen LogP contribution in [0.25, 0.3) is 10.9 Å². The van der Waals surface area contributed by atoms with E-state index in [-0.39, 0.29) is 12.3 Å². The van der Waals surface area contributed by atoms with Crippen LogP contribution in [-0.2, 0) is 36.4 Å². The van der Waals surface area contributed by atoms with E-state index in [2.05, 4.69) is 20.9 Å². The average molecular weight is 879 g/mol. The monoisotopic (exact) mass is 878 g/mol. The van der Waals surface area contributed by atoms with Crippen LogP contribution in [0, 0.1) is 11.3 Å². The van der Waals surface area contributed by atoms with Gasteiger partial charge < -0.3 is 34.7 Å². The fourth-order valence-corrected chi connectivity index (χ4v) is 14.7. The van der Waals surface area contributed by atoms with Crippen molar-refractivity contribution >= 4 is 34.4 Å². The number of aromatic amines is 1. The number of carbonyl (C=O) groups is 3. The molecule has 6 aliphatic heterocycles. The molecule has 3 saturated heterocycles. The van der Waals surface area contributed by atoms with Crippen molar-refractivity contribution in [3.8, 4) is 5.75 Å². The number of carbonyl (C=O) groups excluding carboxylic acids is 3. The quantitative estimate of drug-likeness (QED) is 0.160. The van der Waals surface area contributed by atoms with Gasteiger partial charge in [0.15, 0.2) is 5.60 Å². The third-order valence-corrected chi connectivity index (χ3v) is 17.3. The smallest absolute Gasteiger partial charge is 0.322 e. The summed E-state index contributed by atoms with van der Waals surface area (Å²) in [5, 5.41) is 43.1. The summed E-state index contributed by atoms with van der Waals surface area (Å²) >= 11 is 0. The molecule has 2 aromatic carbocycles. The molecule has 1 saturated carbocycles. The maximum Gasteiger partial charge on any atom is 0.322 e. The molecular weight excluding hydrogens is 813 g/mol. The van der Waals surface area contributed by atoms with Gasteiger partial charge in [0.25, 0.3) is 5.91 Å². The topological polar surface area (TPSA) is 162 Å². The largest absolute Gasteiger partial charge is 0.497 e. The standard InChI is InChI=1S/C50H66N6O8/c1-7-46(61)27-31-28-49(45(60)64-6,40-34(18-23-54(29-31)30-46)33-15-11-12-16-36(33)51-40)35-25-32(63-5)26-37-39(35)48-20-24-55-22-14-19-47(8-2,41(48)55)43(58)50(62,42(48)53(37)4)44(59)56-38(57)17-10-9-13-21-52(56)3/h11-12,14-16,19,25-26,31,41-43,51,58,61-62H,7-10,13,17-18,20-24,27-30H2,1-6H3/t31-,41?,42-,43-,46+,47-,48-,49+,50+/m1/s1. The Morgan fingerprint density at radius 2 is 1.75 bits per heavy atom. The normalized spacial score (nSPS) is 37.4. The number of benzene rings is 2. The number of amides is 2. The van der Waals surface area contributed by atoms with E-state index < -0.39 is 63.4 Å². The van der Waals surface area contributed by atoms with Crippen molar-refractivity contribution in [2.45, 2.75) is 118 Å². The predicted molar refractivity (Wildman–Crippen MR) is 242 cm³/mol. The van der Waals surface area contributed by atoms with Crippen LogP contribution in [0.3, 0.4) is 0 Å². The van der Waals surface area contributed by atoms with Crippen molar-refractivity contribution < 1.29 is 39.2 Å². The number of hydrogen-bond acceptors (Lipinski definition) is 12. The lowest BCUT2D eigenvalue weighted by atomic mass is 9.46. The zero-order valence-corrected chi connectivity index (χ0v) is 38.4. The molecule has 0 radical (unpaired) electrons. The van der Waals surface area contributed by atoms with Gasteiger partial charge in [0.05, 0.1) is 25.9 Å². The van der Waals surface area contributed by atoms with Crippen LogP contribution in [-0.4, -0.2) is 155 Å². The number of methoxy groups -OCH3 is 2. The number of hydrogen-bond donors (Lipinski definition) is 4. The van der Waals surface area contributed by atoms with Crippen molar-refractivity contribution in [2.75, 3.05) is 72.5 Å². The van der Waals surface area contributed by atoms with E-state index in [9.17, 15) is 20.1 Å². The number of esters is 1. The molecule has 7 aliphatic rings. The van der Waals surface area contributed by atoms with Crippen molar-refractivity contribution in [1.29, 1.82) is 0 Å². The van der Waals surface area contributed by atoms with E-state index in [1.165, 1.54) is 7.11 Å². The van der Waals surface area contributed by atoms with Gasteiger partial charge in [-0.05, 0) is 92.7 Å². The molecule has 7 heterocycles. The molecule has 3 aromatic rings. The lowest BCUT2D eigenvalue weighted by molar-refractivity contribution is -0.220. The summed E-state index contributed by atoms with van der Waals surface area (Å²) in [4.78, 5) is 56.2. The molecule has 1 aliphatic carbocycles. The number of imide groups is 1. The Hall–Kier alpha value is -4.31. The summed E-state index contributed by atoms with van der Waals surface area (Å²) in [6.45, 7) is 7.60. The third-order valence-electron chi connectivity index (χ3n) is 17.3. The Bertz CT molecular complexity index is 2420. The van der Waals surface area contributed by atoms with E-state index in [1.54, 1.807) is 19.2 Å². The number of hydrazine groups is 1. The molecule has 1 spiro atoms. The highest BCUT2D eigenvalue weighted by Gasteiger charge is 2.80. The zero-order chi connectivity index (χ0) is 45.1. The number of nitrogens with one attached hydrogen (secondary N) is 1. The fraction of sp³-hybridized carbons (Fsp3) is 0.620. The summed E-state index contributed by atoms with van der Waals surface area (Å²) in [7, 11) is 6.63. The van der Waals surface area contributed by atoms with Crippen LogP contribution in [0.15, 0.2) is 48.6 Å². The number of nitrogens with zero attached hydrogens (tertiary/aromatic N) is 5. The Morgan fingerprint density at radius 3 is 2.50 bits per heavy atom. The Morgan fingerprint density at radius 1 is 0.953 bits per heavy atom. The highest BCUT2D eigenvalue weighted by Crippen LogP contribution is 2.69. The minimum atomic E-state index is -2.50. The summed E-state index contributed by atoms with van der Waals surface area (Å²) in [5.41, 5.74) is -2.35. The van der Waals surface area contributed by atoms with E-state index in [1.807, 2.05) is 68.3 Å². The predicted octanol–water partition coefficient (Wildman–Crippen LogP) is 4.02. The highest BCUT2D eigenvalue weighted by molar-refractivity contribution is 6.02. The van der Waals surface area contributed by atoms with E-state index in [0.29, 0.717) is 101 Å². The van der Waals surface area contributed by atoms with Crippen LogP contribution in [0.2, 0.25) is 0 Å². The summed E-state index contributed by atoms with van der Waals surface area (Å²) in [6.07, 6.45) is 7.71. The number of aliphatic hydroxyl groups is 3. The number of fused-ring (bicyclic) bond motifs is 6. The minimum Gasteiger partial charge on any atom is -0.497 e. The number of aliphatic hydroxyl groups excluding tert-OH is 1. The Balaban J connectivity index is 1.30. The van der Waals surface area contributed by atoms with Gasteiger partial charge in [-0.1, -0.05) is 50.6 Å². The molecule has 344 valence electrons. The van der Waals surface area contributed by atoms with Gasteiger partial charge in [0.1, 0.15) is 17.3 Å². The fourth-order valence-electron chi connectivity index (χ4n) is 14.7. The van der Waals surface area contributed by atoms with Crippen LogP contribution in [0.4, 0.5) is 5.69 Å². The van der Waals surface area contributed by atoms with Crippen LogP contribution in [0.5, 0.6) is 5.75 Å². The van der Waals surface area contributed by atoms with Crippen molar-refractivity contribution in [1.82, 2.24) is 24.8 Å². The first-order valence-corrected chi connectivity index (χ1v) is 23.7. The molecule has 4 fully saturated rings. The van der Waals surface area contributed by atoms with Crippen LogP contribution >= 0.6 is 0 Å². The number of H-pyrrole nitrogens is 1. The molecule has 10 rings (SSSR count). The van der Waals surface area contributed by atoms with Crippen molar-refractivity contribution in [3.05, 3.63) is 70.9 Å². The number of aromatic nitrogens is 1. The maximum absolute atomic E-state index is 15.8. The lowest BCUT2D eigenvalue weighted by Gasteiger charge is -2.64. The molecule has 14 heteroatoms. The molecule has 4 N–H and O–H groups in total. The highest BCUT2D eigenvalue weighted by atomic mass is 16.5.